The Hall–Kier alpha value is -2.04. The molecule has 2 N–H and O–H groups in total. The Kier molecular flexibility index (Phi) is 6.89. The van der Waals surface area contributed by atoms with E-state index in [0.29, 0.717) is 5.56 Å². The van der Waals surface area contributed by atoms with Gasteiger partial charge in [0.2, 0.25) is 0 Å². The average molecular weight is 306 g/mol. The summed E-state index contributed by atoms with van der Waals surface area (Å²) in [6, 6.07) is 7.36. The molecule has 0 heterocycles. The van der Waals surface area contributed by atoms with Crippen LogP contribution in [0.15, 0.2) is 24.3 Å². The first-order chi connectivity index (χ1) is 10.3. The Balaban J connectivity index is 2.55. The van der Waals surface area contributed by atoms with Crippen LogP contribution in [0.2, 0.25) is 0 Å². The molecule has 5 nitrogen and oxygen atoms in total. The summed E-state index contributed by atoms with van der Waals surface area (Å²) in [5.41, 5.74) is 1.70. The molecule has 0 aliphatic carbocycles. The fourth-order valence-corrected chi connectivity index (χ4v) is 1.82. The molecule has 1 aromatic rings. The van der Waals surface area contributed by atoms with Gasteiger partial charge in [-0.05, 0) is 38.8 Å². The maximum absolute atomic E-state index is 12.1. The zero-order valence-electron chi connectivity index (χ0n) is 14.0. The highest BCUT2D eigenvalue weighted by Gasteiger charge is 2.20. The SMILES string of the molecule is Cc1ccc(C(=O)NC[C@@H](OC(=O)NC(C)C)C(C)C)cc1. The number of ether oxygens (including phenoxy) is 1. The topological polar surface area (TPSA) is 67.4 Å². The lowest BCUT2D eigenvalue weighted by Crippen LogP contribution is -2.41. The number of alkyl carbamates (subject to hydrolysis) is 1. The standard InChI is InChI=1S/C17H26N2O3/c1-11(2)15(22-17(21)19-12(3)4)10-18-16(20)14-8-6-13(5)7-9-14/h6-9,11-12,15H,10H2,1-5H3,(H,18,20)(H,19,21)/t15-/m1/s1. The van der Waals surface area contributed by atoms with E-state index in [1.165, 1.54) is 0 Å². The van der Waals surface area contributed by atoms with Crippen molar-refractivity contribution in [2.24, 2.45) is 5.92 Å². The zero-order valence-corrected chi connectivity index (χ0v) is 14.0. The lowest BCUT2D eigenvalue weighted by molar-refractivity contribution is 0.0646. The third-order valence-corrected chi connectivity index (χ3v) is 3.19. The molecule has 1 aromatic carbocycles. The zero-order chi connectivity index (χ0) is 16.7. The second-order valence-electron chi connectivity index (χ2n) is 6.06. The van der Waals surface area contributed by atoms with Crippen LogP contribution >= 0.6 is 0 Å². The van der Waals surface area contributed by atoms with E-state index in [4.69, 9.17) is 4.74 Å². The van der Waals surface area contributed by atoms with E-state index in [-0.39, 0.29) is 30.5 Å². The van der Waals surface area contributed by atoms with Gasteiger partial charge in [-0.2, -0.15) is 0 Å². The van der Waals surface area contributed by atoms with Crippen LogP contribution in [-0.2, 0) is 4.74 Å². The number of rotatable bonds is 6. The van der Waals surface area contributed by atoms with Crippen LogP contribution in [0.1, 0.15) is 43.6 Å². The third-order valence-electron chi connectivity index (χ3n) is 3.19. The molecule has 1 rings (SSSR count). The highest BCUT2D eigenvalue weighted by Crippen LogP contribution is 2.08. The Morgan fingerprint density at radius 3 is 2.18 bits per heavy atom. The van der Waals surface area contributed by atoms with Crippen molar-refractivity contribution in [1.82, 2.24) is 10.6 Å². The van der Waals surface area contributed by atoms with Crippen LogP contribution in [0.25, 0.3) is 0 Å². The Morgan fingerprint density at radius 2 is 1.68 bits per heavy atom. The fourth-order valence-electron chi connectivity index (χ4n) is 1.82. The van der Waals surface area contributed by atoms with Crippen LogP contribution < -0.4 is 10.6 Å². The minimum Gasteiger partial charge on any atom is -0.444 e. The van der Waals surface area contributed by atoms with Crippen LogP contribution in [0.4, 0.5) is 4.79 Å². The minimum absolute atomic E-state index is 0.0162. The highest BCUT2D eigenvalue weighted by atomic mass is 16.6. The molecule has 0 aliphatic rings. The first-order valence-corrected chi connectivity index (χ1v) is 7.61. The van der Waals surface area contributed by atoms with E-state index in [1.807, 2.05) is 46.8 Å². The third kappa shape index (κ3) is 6.16. The summed E-state index contributed by atoms with van der Waals surface area (Å²) in [6.07, 6.45) is -0.827. The predicted molar refractivity (Wildman–Crippen MR) is 86.9 cm³/mol. The van der Waals surface area contributed by atoms with Crippen LogP contribution in [0, 0.1) is 12.8 Å². The Bertz CT molecular complexity index is 495. The van der Waals surface area contributed by atoms with Crippen molar-refractivity contribution in [3.05, 3.63) is 35.4 Å². The summed E-state index contributed by atoms with van der Waals surface area (Å²) in [7, 11) is 0. The molecular weight excluding hydrogens is 280 g/mol. The summed E-state index contributed by atoms with van der Waals surface area (Å²) in [5, 5.41) is 5.49. The number of carbonyl (C=O) groups is 2. The number of nitrogens with one attached hydrogen (secondary N) is 2. The number of amides is 2. The average Bonchev–Trinajstić information content (AvgIpc) is 2.42. The molecule has 5 heteroatoms. The summed E-state index contributed by atoms with van der Waals surface area (Å²) < 4.78 is 5.36. The van der Waals surface area contributed by atoms with Crippen molar-refractivity contribution in [2.45, 2.75) is 46.8 Å². The van der Waals surface area contributed by atoms with Crippen LogP contribution in [0.3, 0.4) is 0 Å². The van der Waals surface area contributed by atoms with E-state index < -0.39 is 6.09 Å². The molecular formula is C17H26N2O3. The van der Waals surface area contributed by atoms with Gasteiger partial charge in [-0.1, -0.05) is 31.5 Å². The smallest absolute Gasteiger partial charge is 0.407 e. The quantitative estimate of drug-likeness (QED) is 0.849. The monoisotopic (exact) mass is 306 g/mol. The van der Waals surface area contributed by atoms with E-state index in [1.54, 1.807) is 12.1 Å². The summed E-state index contributed by atoms with van der Waals surface area (Å²) in [6.45, 7) is 9.89. The first kappa shape index (κ1) is 18.0. The van der Waals surface area contributed by atoms with Crippen LogP contribution in [-0.4, -0.2) is 30.7 Å². The van der Waals surface area contributed by atoms with Gasteiger partial charge in [0.05, 0.1) is 6.54 Å². The molecule has 0 saturated heterocycles. The summed E-state index contributed by atoms with van der Waals surface area (Å²) >= 11 is 0. The van der Waals surface area contributed by atoms with Crippen molar-refractivity contribution >= 4 is 12.0 Å². The maximum atomic E-state index is 12.1. The molecule has 0 unspecified atom stereocenters. The van der Waals surface area contributed by atoms with Crippen molar-refractivity contribution in [2.75, 3.05) is 6.54 Å². The van der Waals surface area contributed by atoms with Gasteiger partial charge in [0, 0.05) is 11.6 Å². The van der Waals surface area contributed by atoms with Gasteiger partial charge >= 0.3 is 6.09 Å². The van der Waals surface area contributed by atoms with E-state index in [9.17, 15) is 9.59 Å². The van der Waals surface area contributed by atoms with Crippen molar-refractivity contribution in [1.29, 1.82) is 0 Å². The molecule has 122 valence electrons. The van der Waals surface area contributed by atoms with Gasteiger partial charge in [-0.15, -0.1) is 0 Å². The second kappa shape index (κ2) is 8.41. The molecule has 2 amide bonds. The largest absolute Gasteiger partial charge is 0.444 e. The lowest BCUT2D eigenvalue weighted by atomic mass is 10.1. The lowest BCUT2D eigenvalue weighted by Gasteiger charge is -2.22. The van der Waals surface area contributed by atoms with Gasteiger partial charge < -0.3 is 15.4 Å². The highest BCUT2D eigenvalue weighted by molar-refractivity contribution is 5.94. The molecule has 0 aromatic heterocycles. The molecule has 0 bridgehead atoms. The van der Waals surface area contributed by atoms with Gasteiger partial charge in [0.1, 0.15) is 6.10 Å². The fraction of sp³-hybridized carbons (Fsp3) is 0.529. The van der Waals surface area contributed by atoms with Crippen molar-refractivity contribution in [3.63, 3.8) is 0 Å². The van der Waals surface area contributed by atoms with Crippen molar-refractivity contribution < 1.29 is 14.3 Å². The number of hydrogen-bond donors (Lipinski definition) is 2. The molecule has 0 saturated carbocycles. The summed E-state index contributed by atoms with van der Waals surface area (Å²) in [5.74, 6) is -0.0604. The van der Waals surface area contributed by atoms with Crippen LogP contribution in [0.5, 0.6) is 0 Å². The molecule has 0 aliphatic heterocycles. The maximum Gasteiger partial charge on any atom is 0.407 e. The molecule has 0 fully saturated rings. The van der Waals surface area contributed by atoms with E-state index in [0.717, 1.165) is 5.56 Å². The van der Waals surface area contributed by atoms with Crippen molar-refractivity contribution in [3.8, 4) is 0 Å². The number of aryl methyl sites for hydroxylation is 1. The van der Waals surface area contributed by atoms with Gasteiger partial charge in [-0.3, -0.25) is 4.79 Å². The van der Waals surface area contributed by atoms with Gasteiger partial charge in [-0.25, -0.2) is 4.79 Å². The Labute approximate surface area is 132 Å². The predicted octanol–water partition coefficient (Wildman–Crippen LogP) is 2.88. The van der Waals surface area contributed by atoms with E-state index >= 15 is 0 Å². The molecule has 0 radical (unpaired) electrons. The van der Waals surface area contributed by atoms with Gasteiger partial charge in [0.15, 0.2) is 0 Å². The molecule has 1 atom stereocenters. The van der Waals surface area contributed by atoms with E-state index in [2.05, 4.69) is 10.6 Å². The summed E-state index contributed by atoms with van der Waals surface area (Å²) in [4.78, 5) is 23.8. The normalized spacial score (nSPS) is 12.1. The number of carbonyl (C=O) groups excluding carboxylic acids is 2. The molecule has 0 spiro atoms. The molecule has 22 heavy (non-hydrogen) atoms. The van der Waals surface area contributed by atoms with Gasteiger partial charge in [0.25, 0.3) is 5.91 Å². The second-order valence-corrected chi connectivity index (χ2v) is 6.06. The minimum atomic E-state index is -0.460. The Morgan fingerprint density at radius 1 is 1.09 bits per heavy atom. The number of benzene rings is 1. The first-order valence-electron chi connectivity index (χ1n) is 7.61. The number of hydrogen-bond acceptors (Lipinski definition) is 3.